The molecule has 3 rings (SSSR count). The SMILES string of the molecule is OC(COc1ccccc1F)CN1CCOC(c2ccc(F)c(F)c2)C1. The van der Waals surface area contributed by atoms with E-state index in [-0.39, 0.29) is 12.4 Å². The van der Waals surface area contributed by atoms with Gasteiger partial charge in [-0.25, -0.2) is 13.2 Å². The van der Waals surface area contributed by atoms with Crippen molar-refractivity contribution in [1.82, 2.24) is 4.90 Å². The molecular formula is C19H20F3NO3. The third kappa shape index (κ3) is 4.75. The highest BCUT2D eigenvalue weighted by Gasteiger charge is 2.24. The van der Waals surface area contributed by atoms with Gasteiger partial charge in [0.1, 0.15) is 12.7 Å². The summed E-state index contributed by atoms with van der Waals surface area (Å²) in [4.78, 5) is 1.95. The Morgan fingerprint density at radius 2 is 1.92 bits per heavy atom. The largest absolute Gasteiger partial charge is 0.488 e. The number of morpholine rings is 1. The monoisotopic (exact) mass is 367 g/mol. The van der Waals surface area contributed by atoms with Gasteiger partial charge in [-0.2, -0.15) is 0 Å². The van der Waals surface area contributed by atoms with E-state index in [0.717, 1.165) is 12.1 Å². The molecule has 0 amide bonds. The molecule has 4 nitrogen and oxygen atoms in total. The molecule has 26 heavy (non-hydrogen) atoms. The fourth-order valence-corrected chi connectivity index (χ4v) is 2.88. The Morgan fingerprint density at radius 3 is 2.69 bits per heavy atom. The first kappa shape index (κ1) is 18.7. The molecule has 1 N–H and O–H groups in total. The Hall–Kier alpha value is -2.09. The first-order valence-corrected chi connectivity index (χ1v) is 8.37. The van der Waals surface area contributed by atoms with E-state index in [0.29, 0.717) is 31.8 Å². The molecule has 7 heteroatoms. The van der Waals surface area contributed by atoms with Gasteiger partial charge < -0.3 is 14.6 Å². The molecule has 0 radical (unpaired) electrons. The molecule has 0 bridgehead atoms. The lowest BCUT2D eigenvalue weighted by Crippen LogP contribution is -2.43. The Labute approximate surface area is 149 Å². The second-order valence-corrected chi connectivity index (χ2v) is 6.19. The first-order valence-electron chi connectivity index (χ1n) is 8.37. The van der Waals surface area contributed by atoms with Gasteiger partial charge in [0.2, 0.25) is 0 Å². The Bertz CT molecular complexity index is 744. The number of β-amino-alcohol motifs (C(OH)–C–C–N with tert-alkyl or cyclic N) is 1. The van der Waals surface area contributed by atoms with Crippen LogP contribution in [-0.2, 0) is 4.74 Å². The molecule has 0 saturated carbocycles. The van der Waals surface area contributed by atoms with Crippen molar-refractivity contribution in [2.24, 2.45) is 0 Å². The zero-order valence-electron chi connectivity index (χ0n) is 14.1. The lowest BCUT2D eigenvalue weighted by molar-refractivity contribution is -0.0461. The number of aliphatic hydroxyl groups is 1. The molecule has 1 fully saturated rings. The highest BCUT2D eigenvalue weighted by molar-refractivity contribution is 5.23. The summed E-state index contributed by atoms with van der Waals surface area (Å²) in [6, 6.07) is 9.69. The van der Waals surface area contributed by atoms with Crippen LogP contribution in [0.25, 0.3) is 0 Å². The minimum Gasteiger partial charge on any atom is -0.488 e. The van der Waals surface area contributed by atoms with Crippen LogP contribution in [0.4, 0.5) is 13.2 Å². The minimum absolute atomic E-state index is 0.0475. The number of halogens is 3. The maximum atomic E-state index is 13.5. The van der Waals surface area contributed by atoms with E-state index in [9.17, 15) is 18.3 Å². The molecule has 0 spiro atoms. The van der Waals surface area contributed by atoms with E-state index in [4.69, 9.17) is 9.47 Å². The van der Waals surface area contributed by atoms with Crippen molar-refractivity contribution in [3.8, 4) is 5.75 Å². The van der Waals surface area contributed by atoms with Gasteiger partial charge in [-0.15, -0.1) is 0 Å². The van der Waals surface area contributed by atoms with Gasteiger partial charge in [-0.1, -0.05) is 18.2 Å². The first-order chi connectivity index (χ1) is 12.5. The molecule has 2 atom stereocenters. The Morgan fingerprint density at radius 1 is 1.12 bits per heavy atom. The van der Waals surface area contributed by atoms with Gasteiger partial charge >= 0.3 is 0 Å². The fourth-order valence-electron chi connectivity index (χ4n) is 2.88. The average molecular weight is 367 g/mol. The molecule has 2 aromatic carbocycles. The molecule has 2 aromatic rings. The van der Waals surface area contributed by atoms with Crippen LogP contribution in [0, 0.1) is 17.5 Å². The summed E-state index contributed by atoms with van der Waals surface area (Å²) in [7, 11) is 0. The van der Waals surface area contributed by atoms with Crippen LogP contribution >= 0.6 is 0 Å². The van der Waals surface area contributed by atoms with Crippen molar-refractivity contribution in [1.29, 1.82) is 0 Å². The highest BCUT2D eigenvalue weighted by atomic mass is 19.2. The maximum Gasteiger partial charge on any atom is 0.165 e. The van der Waals surface area contributed by atoms with Crippen LogP contribution in [0.5, 0.6) is 5.75 Å². The molecule has 1 aliphatic heterocycles. The molecule has 0 aliphatic carbocycles. The summed E-state index contributed by atoms with van der Waals surface area (Å²) in [5.41, 5.74) is 0.547. The predicted molar refractivity (Wildman–Crippen MR) is 89.4 cm³/mol. The fraction of sp³-hybridized carbons (Fsp3) is 0.368. The standard InChI is InChI=1S/C19H20F3NO3/c20-15-6-5-13(9-17(15)22)19-11-23(7-8-25-19)10-14(24)12-26-18-4-2-1-3-16(18)21/h1-6,9,14,19,24H,7-8,10-12H2. The van der Waals surface area contributed by atoms with E-state index < -0.39 is 29.7 Å². The van der Waals surface area contributed by atoms with Gasteiger partial charge in [0, 0.05) is 19.6 Å². The topological polar surface area (TPSA) is 41.9 Å². The van der Waals surface area contributed by atoms with E-state index in [2.05, 4.69) is 0 Å². The molecule has 1 saturated heterocycles. The number of rotatable bonds is 6. The van der Waals surface area contributed by atoms with Crippen molar-refractivity contribution >= 4 is 0 Å². The summed E-state index contributed by atoms with van der Waals surface area (Å²) in [6.45, 7) is 1.69. The second kappa shape index (κ2) is 8.53. The maximum absolute atomic E-state index is 13.5. The number of hydrogen-bond donors (Lipinski definition) is 1. The van der Waals surface area contributed by atoms with E-state index in [1.807, 2.05) is 4.90 Å². The zero-order chi connectivity index (χ0) is 18.5. The molecule has 140 valence electrons. The average Bonchev–Trinajstić information content (AvgIpc) is 2.63. The third-order valence-electron chi connectivity index (χ3n) is 4.20. The van der Waals surface area contributed by atoms with Crippen LogP contribution in [0.15, 0.2) is 42.5 Å². The third-order valence-corrected chi connectivity index (χ3v) is 4.20. The van der Waals surface area contributed by atoms with Crippen LogP contribution < -0.4 is 4.74 Å². The number of hydrogen-bond acceptors (Lipinski definition) is 4. The van der Waals surface area contributed by atoms with Gasteiger partial charge in [0.05, 0.1) is 12.7 Å². The van der Waals surface area contributed by atoms with Crippen molar-refractivity contribution < 1.29 is 27.8 Å². The number of nitrogens with zero attached hydrogens (tertiary/aromatic N) is 1. The van der Waals surface area contributed by atoms with E-state index in [1.54, 1.807) is 12.1 Å². The van der Waals surface area contributed by atoms with Crippen LogP contribution in [-0.4, -0.2) is 49.0 Å². The number of aliphatic hydroxyl groups excluding tert-OH is 1. The molecule has 1 aliphatic rings. The lowest BCUT2D eigenvalue weighted by atomic mass is 10.1. The second-order valence-electron chi connectivity index (χ2n) is 6.19. The summed E-state index contributed by atoms with van der Waals surface area (Å²) in [5.74, 6) is -2.21. The molecule has 1 heterocycles. The quantitative estimate of drug-likeness (QED) is 0.853. The molecule has 2 unspecified atom stereocenters. The van der Waals surface area contributed by atoms with Crippen LogP contribution in [0.2, 0.25) is 0 Å². The number of benzene rings is 2. The number of ether oxygens (including phenoxy) is 2. The summed E-state index contributed by atoms with van der Waals surface area (Å²) in [5, 5.41) is 10.2. The van der Waals surface area contributed by atoms with Crippen molar-refractivity contribution in [3.63, 3.8) is 0 Å². The lowest BCUT2D eigenvalue weighted by Gasteiger charge is -2.34. The summed E-state index contributed by atoms with van der Waals surface area (Å²) in [6.07, 6.45) is -1.23. The smallest absolute Gasteiger partial charge is 0.165 e. The number of para-hydroxylation sites is 1. The van der Waals surface area contributed by atoms with E-state index >= 15 is 0 Å². The summed E-state index contributed by atoms with van der Waals surface area (Å²) < 4.78 is 50.9. The van der Waals surface area contributed by atoms with Crippen molar-refractivity contribution in [2.75, 3.05) is 32.8 Å². The minimum atomic E-state index is -0.915. The summed E-state index contributed by atoms with van der Waals surface area (Å²) >= 11 is 0. The molecular weight excluding hydrogens is 347 g/mol. The van der Waals surface area contributed by atoms with Gasteiger partial charge in [0.15, 0.2) is 23.2 Å². The Balaban J connectivity index is 1.52. The van der Waals surface area contributed by atoms with Crippen molar-refractivity contribution in [3.05, 3.63) is 65.5 Å². The van der Waals surface area contributed by atoms with Crippen LogP contribution in [0.3, 0.4) is 0 Å². The van der Waals surface area contributed by atoms with Gasteiger partial charge in [-0.05, 0) is 29.8 Å². The van der Waals surface area contributed by atoms with Gasteiger partial charge in [0.25, 0.3) is 0 Å². The Kier molecular flexibility index (Phi) is 6.13. The van der Waals surface area contributed by atoms with Crippen LogP contribution in [0.1, 0.15) is 11.7 Å². The van der Waals surface area contributed by atoms with E-state index in [1.165, 1.54) is 18.2 Å². The molecule has 0 aromatic heterocycles. The van der Waals surface area contributed by atoms with Gasteiger partial charge in [-0.3, -0.25) is 4.90 Å². The normalized spacial score (nSPS) is 19.3. The van der Waals surface area contributed by atoms with Crippen molar-refractivity contribution in [2.45, 2.75) is 12.2 Å². The zero-order valence-corrected chi connectivity index (χ0v) is 14.1. The highest BCUT2D eigenvalue weighted by Crippen LogP contribution is 2.24. The predicted octanol–water partition coefficient (Wildman–Crippen LogP) is 2.92.